The number of alkyl halides is 2. The van der Waals surface area contributed by atoms with Crippen molar-refractivity contribution in [2.45, 2.75) is 11.1 Å². The highest BCUT2D eigenvalue weighted by atomic mass is 35.5. The smallest absolute Gasteiger partial charge is 0.263 e. The maximum atomic E-state index is 8.83. The summed E-state index contributed by atoms with van der Waals surface area (Å²) in [5.41, 5.74) is 0.979. The Morgan fingerprint density at radius 2 is 2.00 bits per heavy atom. The van der Waals surface area contributed by atoms with E-state index in [1.54, 1.807) is 6.07 Å². The summed E-state index contributed by atoms with van der Waals surface area (Å²) in [7, 11) is 0. The van der Waals surface area contributed by atoms with Crippen LogP contribution in [0, 0.1) is 0 Å². The first-order valence-corrected chi connectivity index (χ1v) is 5.03. The molecule has 1 rings (SSSR count). The Bertz CT molecular complexity index is 327. The van der Waals surface area contributed by atoms with Crippen molar-refractivity contribution in [3.05, 3.63) is 34.3 Å². The molecule has 0 saturated carbocycles. The van der Waals surface area contributed by atoms with Gasteiger partial charge in [0.25, 0.3) is 4.52 Å². The van der Waals surface area contributed by atoms with Crippen LogP contribution in [-0.2, 0) is 15.4 Å². The lowest BCUT2D eigenvalue weighted by atomic mass is 10.1. The van der Waals surface area contributed by atoms with Gasteiger partial charge in [0.2, 0.25) is 0 Å². The zero-order valence-electron chi connectivity index (χ0n) is 6.81. The van der Waals surface area contributed by atoms with E-state index < -0.39 is 4.52 Å². The first-order chi connectivity index (χ1) is 6.51. The predicted molar refractivity (Wildman–Crippen MR) is 57.7 cm³/mol. The normalized spacial score (nSPS) is 11.8. The van der Waals surface area contributed by atoms with Gasteiger partial charge >= 0.3 is 0 Å². The fourth-order valence-corrected chi connectivity index (χ4v) is 1.78. The molecule has 0 bridgehead atoms. The lowest BCUT2D eigenvalue weighted by Crippen LogP contribution is -2.10. The van der Waals surface area contributed by atoms with Crippen molar-refractivity contribution in [2.75, 3.05) is 0 Å². The van der Waals surface area contributed by atoms with Crippen molar-refractivity contribution in [3.63, 3.8) is 0 Å². The van der Waals surface area contributed by atoms with Gasteiger partial charge in [0, 0.05) is 10.6 Å². The van der Waals surface area contributed by atoms with Crippen molar-refractivity contribution < 1.29 is 9.40 Å². The summed E-state index contributed by atoms with van der Waals surface area (Å²) in [5, 5.41) is 9.11. The van der Waals surface area contributed by atoms with Crippen LogP contribution in [0.25, 0.3) is 0 Å². The van der Waals surface area contributed by atoms with Crippen LogP contribution in [0.15, 0.2) is 18.2 Å². The van der Waals surface area contributed by atoms with Gasteiger partial charge in [0.05, 0.1) is 18.5 Å². The largest absolute Gasteiger partial charge is 0.392 e. The molecular formula is C8H6Cl4O2. The molecule has 0 aromatic heterocycles. The molecule has 0 fully saturated rings. The molecule has 14 heavy (non-hydrogen) atoms. The Hall–Kier alpha value is 0.300. The second-order valence-electron chi connectivity index (χ2n) is 2.57. The number of rotatable bonds is 3. The van der Waals surface area contributed by atoms with Gasteiger partial charge in [-0.3, -0.25) is 0 Å². The summed E-state index contributed by atoms with van der Waals surface area (Å²) in [5.74, 6) is 0. The first kappa shape index (κ1) is 12.4. The third-order valence-electron chi connectivity index (χ3n) is 1.63. The Labute approximate surface area is 101 Å². The number of hydrogen-bond acceptors (Lipinski definition) is 2. The maximum absolute atomic E-state index is 8.83. The van der Waals surface area contributed by atoms with Crippen LogP contribution in [0.3, 0.4) is 0 Å². The van der Waals surface area contributed by atoms with E-state index in [1.807, 2.05) is 0 Å². The van der Waals surface area contributed by atoms with Crippen LogP contribution in [-0.4, -0.2) is 5.11 Å². The molecule has 0 spiro atoms. The molecular weight excluding hydrogens is 270 g/mol. The lowest BCUT2D eigenvalue weighted by Gasteiger charge is -2.17. The molecule has 0 aliphatic heterocycles. The maximum Gasteiger partial charge on any atom is 0.263 e. The molecule has 6 heteroatoms. The summed E-state index contributed by atoms with van der Waals surface area (Å²) >= 11 is 22.4. The van der Waals surface area contributed by atoms with Crippen LogP contribution < -0.4 is 0 Å². The van der Waals surface area contributed by atoms with Crippen molar-refractivity contribution in [1.82, 2.24) is 0 Å². The zero-order valence-corrected chi connectivity index (χ0v) is 9.83. The lowest BCUT2D eigenvalue weighted by molar-refractivity contribution is 0.273. The van der Waals surface area contributed by atoms with Gasteiger partial charge in [-0.15, -0.1) is 0 Å². The molecule has 1 N–H and O–H groups in total. The monoisotopic (exact) mass is 274 g/mol. The topological polar surface area (TPSA) is 29.5 Å². The third kappa shape index (κ3) is 2.66. The fraction of sp³-hybridized carbons (Fsp3) is 0.250. The molecule has 0 heterocycles. The molecule has 1 aromatic rings. The predicted octanol–water partition coefficient (Wildman–Crippen LogP) is 3.59. The number of aliphatic hydroxyl groups is 1. The second kappa shape index (κ2) is 4.88. The molecule has 0 amide bonds. The minimum absolute atomic E-state index is 0.112. The highest BCUT2D eigenvalue weighted by molar-refractivity contribution is 6.49. The average molecular weight is 276 g/mol. The zero-order chi connectivity index (χ0) is 10.8. The van der Waals surface area contributed by atoms with Crippen molar-refractivity contribution >= 4 is 46.7 Å². The van der Waals surface area contributed by atoms with Gasteiger partial charge in [-0.25, -0.2) is 4.29 Å². The number of hydrogen-bond donors (Lipinski definition) is 1. The summed E-state index contributed by atoms with van der Waals surface area (Å²) in [6.45, 7) is -0.112. The van der Waals surface area contributed by atoms with E-state index in [1.165, 1.54) is 12.1 Å². The summed E-state index contributed by atoms with van der Waals surface area (Å²) < 4.78 is 2.65. The Kier molecular flexibility index (Phi) is 4.31. The van der Waals surface area contributed by atoms with E-state index in [4.69, 9.17) is 51.8 Å². The molecule has 0 radical (unpaired) electrons. The highest BCUT2D eigenvalue weighted by Gasteiger charge is 2.30. The van der Waals surface area contributed by atoms with E-state index in [-0.39, 0.29) is 11.6 Å². The Balaban J connectivity index is 3.12. The van der Waals surface area contributed by atoms with Gasteiger partial charge in [-0.2, -0.15) is 0 Å². The van der Waals surface area contributed by atoms with E-state index >= 15 is 0 Å². The van der Waals surface area contributed by atoms with Crippen LogP contribution in [0.5, 0.6) is 0 Å². The van der Waals surface area contributed by atoms with E-state index in [0.29, 0.717) is 11.1 Å². The van der Waals surface area contributed by atoms with Gasteiger partial charge in [0.1, 0.15) is 0 Å². The van der Waals surface area contributed by atoms with E-state index in [2.05, 4.69) is 4.29 Å². The van der Waals surface area contributed by atoms with Gasteiger partial charge in [0.15, 0.2) is 0 Å². The molecule has 0 aliphatic rings. The van der Waals surface area contributed by atoms with Crippen LogP contribution in [0.2, 0.25) is 5.02 Å². The van der Waals surface area contributed by atoms with Crippen molar-refractivity contribution in [1.29, 1.82) is 0 Å². The number of halogens is 4. The molecule has 0 atom stereocenters. The fourth-order valence-electron chi connectivity index (χ4n) is 0.935. The molecule has 0 saturated heterocycles. The third-order valence-corrected chi connectivity index (χ3v) is 2.89. The second-order valence-corrected chi connectivity index (χ2v) is 4.39. The summed E-state index contributed by atoms with van der Waals surface area (Å²) in [6, 6.07) is 4.69. The summed E-state index contributed by atoms with van der Waals surface area (Å²) in [4.78, 5) is 0. The standard InChI is InChI=1S/C8H6Cl4O2/c9-7-3-5(4-13)1-2-6(7)8(10,11)14-12/h1-3,13H,4H2. The molecule has 2 nitrogen and oxygen atoms in total. The Morgan fingerprint density at radius 1 is 1.36 bits per heavy atom. The van der Waals surface area contributed by atoms with Crippen LogP contribution >= 0.6 is 46.7 Å². The SMILES string of the molecule is OCc1ccc(C(Cl)(Cl)OCl)c(Cl)c1. The highest BCUT2D eigenvalue weighted by Crippen LogP contribution is 2.40. The van der Waals surface area contributed by atoms with Crippen LogP contribution in [0.4, 0.5) is 0 Å². The molecule has 0 aliphatic carbocycles. The van der Waals surface area contributed by atoms with E-state index in [9.17, 15) is 0 Å². The quantitative estimate of drug-likeness (QED) is 0.855. The van der Waals surface area contributed by atoms with Gasteiger partial charge in [-0.05, 0) is 11.6 Å². The van der Waals surface area contributed by atoms with E-state index in [0.717, 1.165) is 0 Å². The van der Waals surface area contributed by atoms with Crippen molar-refractivity contribution in [2.24, 2.45) is 0 Å². The minimum atomic E-state index is -1.69. The van der Waals surface area contributed by atoms with Gasteiger partial charge in [-0.1, -0.05) is 46.9 Å². The van der Waals surface area contributed by atoms with Crippen LogP contribution in [0.1, 0.15) is 11.1 Å². The van der Waals surface area contributed by atoms with Gasteiger partial charge < -0.3 is 5.11 Å². The average Bonchev–Trinajstić information content (AvgIpc) is 2.17. The Morgan fingerprint density at radius 3 is 2.43 bits per heavy atom. The minimum Gasteiger partial charge on any atom is -0.392 e. The van der Waals surface area contributed by atoms with Crippen molar-refractivity contribution in [3.8, 4) is 0 Å². The molecule has 0 unspecified atom stereocenters. The number of aliphatic hydroxyl groups excluding tert-OH is 1. The molecule has 1 aromatic carbocycles. The summed E-state index contributed by atoms with van der Waals surface area (Å²) in [6.07, 6.45) is 0. The first-order valence-electron chi connectivity index (χ1n) is 3.58. The number of benzene rings is 1. The molecule has 78 valence electrons.